The number of halogens is 2. The molecular formula is C4H3ClFN2. The lowest BCUT2D eigenvalue weighted by Crippen LogP contribution is -1.92. The van der Waals surface area contributed by atoms with E-state index in [2.05, 4.69) is 11.2 Å². The summed E-state index contributed by atoms with van der Waals surface area (Å²) in [6, 6.07) is 2.16. The van der Waals surface area contributed by atoms with Crippen LogP contribution in [-0.4, -0.2) is 9.78 Å². The predicted molar refractivity (Wildman–Crippen MR) is 27.0 cm³/mol. The van der Waals surface area contributed by atoms with E-state index < -0.39 is 5.95 Å². The minimum absolute atomic E-state index is 0.0602. The highest BCUT2D eigenvalue weighted by Gasteiger charge is 1.99. The highest BCUT2D eigenvalue weighted by Crippen LogP contribution is 2.03. The fourth-order valence-electron chi connectivity index (χ4n) is 0.367. The zero-order valence-electron chi connectivity index (χ0n) is 4.15. The molecule has 4 heteroatoms. The van der Waals surface area contributed by atoms with E-state index in [1.807, 2.05) is 0 Å². The second-order valence-corrected chi connectivity index (χ2v) is 1.69. The molecule has 0 saturated heterocycles. The Balaban J connectivity index is 3.14. The molecule has 1 aromatic rings. The van der Waals surface area contributed by atoms with Crippen LogP contribution in [0.15, 0.2) is 0 Å². The maximum absolute atomic E-state index is 12.1. The molecule has 0 N–H and O–H groups in total. The van der Waals surface area contributed by atoms with Gasteiger partial charge in [0.15, 0.2) is 5.15 Å². The third kappa shape index (κ3) is 0.816. The highest BCUT2D eigenvalue weighted by atomic mass is 35.5. The maximum atomic E-state index is 12.1. The van der Waals surface area contributed by atoms with Gasteiger partial charge in [0.25, 0.3) is 0 Å². The van der Waals surface area contributed by atoms with Crippen molar-refractivity contribution in [3.05, 3.63) is 17.2 Å². The van der Waals surface area contributed by atoms with Gasteiger partial charge in [0.05, 0.1) is 6.07 Å². The van der Waals surface area contributed by atoms with Crippen LogP contribution in [0.2, 0.25) is 5.15 Å². The van der Waals surface area contributed by atoms with E-state index >= 15 is 0 Å². The smallest absolute Gasteiger partial charge is 0.220 e. The van der Waals surface area contributed by atoms with E-state index in [9.17, 15) is 4.39 Å². The van der Waals surface area contributed by atoms with Crippen molar-refractivity contribution in [1.82, 2.24) is 9.78 Å². The highest BCUT2D eigenvalue weighted by molar-refractivity contribution is 6.29. The number of rotatable bonds is 0. The van der Waals surface area contributed by atoms with Gasteiger partial charge in [-0.1, -0.05) is 11.6 Å². The lowest BCUT2D eigenvalue weighted by Gasteiger charge is -1.82. The molecule has 0 aliphatic carbocycles. The molecule has 0 saturated carbocycles. The Labute approximate surface area is 50.9 Å². The number of aryl methyl sites for hydroxylation is 1. The number of hydrogen-bond donors (Lipinski definition) is 0. The SMILES string of the molecule is Cn1nc(Cl)[c]c1F. The Morgan fingerprint density at radius 3 is 2.62 bits per heavy atom. The molecule has 1 heterocycles. The molecule has 2 nitrogen and oxygen atoms in total. The molecule has 1 rings (SSSR count). The summed E-state index contributed by atoms with van der Waals surface area (Å²) in [5.74, 6) is -0.546. The van der Waals surface area contributed by atoms with E-state index in [0.717, 1.165) is 4.68 Å². The molecule has 0 amide bonds. The van der Waals surface area contributed by atoms with E-state index in [-0.39, 0.29) is 5.15 Å². The Morgan fingerprint density at radius 1 is 1.88 bits per heavy atom. The number of aromatic nitrogens is 2. The molecule has 1 radical (unpaired) electrons. The summed E-state index contributed by atoms with van der Waals surface area (Å²) in [6.45, 7) is 0. The van der Waals surface area contributed by atoms with Crippen LogP contribution in [0.25, 0.3) is 0 Å². The molecule has 43 valence electrons. The van der Waals surface area contributed by atoms with E-state index in [1.165, 1.54) is 7.05 Å². The van der Waals surface area contributed by atoms with Crippen molar-refractivity contribution in [2.45, 2.75) is 0 Å². The van der Waals surface area contributed by atoms with Gasteiger partial charge in [-0.2, -0.15) is 9.49 Å². The van der Waals surface area contributed by atoms with Crippen molar-refractivity contribution in [2.75, 3.05) is 0 Å². The monoisotopic (exact) mass is 133 g/mol. The third-order valence-electron chi connectivity index (χ3n) is 0.728. The van der Waals surface area contributed by atoms with Gasteiger partial charge in [-0.15, -0.1) is 0 Å². The Hall–Kier alpha value is -0.570. The predicted octanol–water partition coefficient (Wildman–Crippen LogP) is 1.01. The van der Waals surface area contributed by atoms with Crippen molar-refractivity contribution in [2.24, 2.45) is 7.05 Å². The number of nitrogens with zero attached hydrogens (tertiary/aromatic N) is 2. The van der Waals surface area contributed by atoms with Crippen LogP contribution in [0.3, 0.4) is 0 Å². The topological polar surface area (TPSA) is 17.8 Å². The summed E-state index contributed by atoms with van der Waals surface area (Å²) in [5, 5.41) is 3.52. The Morgan fingerprint density at radius 2 is 2.50 bits per heavy atom. The van der Waals surface area contributed by atoms with Crippen LogP contribution in [0.4, 0.5) is 4.39 Å². The van der Waals surface area contributed by atoms with Crippen LogP contribution >= 0.6 is 11.6 Å². The summed E-state index contributed by atoms with van der Waals surface area (Å²) in [5.41, 5.74) is 0. The summed E-state index contributed by atoms with van der Waals surface area (Å²) >= 11 is 5.24. The van der Waals surface area contributed by atoms with Crippen LogP contribution in [0.1, 0.15) is 0 Å². The second-order valence-electron chi connectivity index (χ2n) is 1.33. The lowest BCUT2D eigenvalue weighted by atomic mass is 10.7. The van der Waals surface area contributed by atoms with Gasteiger partial charge in [-0.25, -0.2) is 4.68 Å². The zero-order chi connectivity index (χ0) is 6.15. The average molecular weight is 134 g/mol. The van der Waals surface area contributed by atoms with Crippen LogP contribution in [0, 0.1) is 12.0 Å². The molecule has 0 bridgehead atoms. The standard InChI is InChI=1S/C4H3ClFN2/c1-8-4(6)2-3(5)7-8/h1H3. The lowest BCUT2D eigenvalue weighted by molar-refractivity contribution is 0.502. The summed E-state index contributed by atoms with van der Waals surface area (Å²) in [4.78, 5) is 0. The van der Waals surface area contributed by atoms with Crippen LogP contribution in [0.5, 0.6) is 0 Å². The summed E-state index contributed by atoms with van der Waals surface area (Å²) in [7, 11) is 1.46. The van der Waals surface area contributed by atoms with Gasteiger partial charge in [-0.05, 0) is 0 Å². The van der Waals surface area contributed by atoms with Gasteiger partial charge in [0, 0.05) is 7.05 Å². The molecule has 0 fully saturated rings. The van der Waals surface area contributed by atoms with Crippen molar-refractivity contribution < 1.29 is 4.39 Å². The molecule has 8 heavy (non-hydrogen) atoms. The molecule has 0 atom stereocenters. The average Bonchev–Trinajstić information content (AvgIpc) is 1.85. The fourth-order valence-corrected chi connectivity index (χ4v) is 0.558. The molecule has 0 aliphatic heterocycles. The minimum atomic E-state index is -0.546. The summed E-state index contributed by atoms with van der Waals surface area (Å²) in [6.07, 6.45) is 0. The van der Waals surface area contributed by atoms with Gasteiger partial charge in [0.2, 0.25) is 5.95 Å². The zero-order valence-corrected chi connectivity index (χ0v) is 4.91. The van der Waals surface area contributed by atoms with Gasteiger partial charge >= 0.3 is 0 Å². The second kappa shape index (κ2) is 1.74. The van der Waals surface area contributed by atoms with E-state index in [4.69, 9.17) is 11.6 Å². The number of hydrogen-bond acceptors (Lipinski definition) is 1. The van der Waals surface area contributed by atoms with Crippen LogP contribution in [-0.2, 0) is 7.05 Å². The van der Waals surface area contributed by atoms with Crippen molar-refractivity contribution in [3.63, 3.8) is 0 Å². The van der Waals surface area contributed by atoms with Gasteiger partial charge < -0.3 is 0 Å². The molecule has 0 unspecified atom stereocenters. The molecule has 0 aliphatic rings. The Bertz CT molecular complexity index is 176. The van der Waals surface area contributed by atoms with Crippen LogP contribution < -0.4 is 0 Å². The maximum Gasteiger partial charge on any atom is 0.220 e. The molecular weight excluding hydrogens is 131 g/mol. The first-order valence-electron chi connectivity index (χ1n) is 1.97. The van der Waals surface area contributed by atoms with Crippen molar-refractivity contribution in [1.29, 1.82) is 0 Å². The normalized spacial score (nSPS) is 9.88. The molecule has 1 aromatic heterocycles. The third-order valence-corrected chi connectivity index (χ3v) is 0.898. The first-order valence-corrected chi connectivity index (χ1v) is 2.35. The van der Waals surface area contributed by atoms with E-state index in [1.54, 1.807) is 0 Å². The quantitative estimate of drug-likeness (QED) is 0.517. The first-order chi connectivity index (χ1) is 3.70. The molecule has 0 aromatic carbocycles. The molecule has 0 spiro atoms. The van der Waals surface area contributed by atoms with Crippen molar-refractivity contribution in [3.8, 4) is 0 Å². The van der Waals surface area contributed by atoms with Gasteiger partial charge in [0.1, 0.15) is 0 Å². The largest absolute Gasteiger partial charge is 0.241 e. The minimum Gasteiger partial charge on any atom is -0.241 e. The van der Waals surface area contributed by atoms with E-state index in [0.29, 0.717) is 0 Å². The fraction of sp³-hybridized carbons (Fsp3) is 0.250. The van der Waals surface area contributed by atoms with Gasteiger partial charge in [-0.3, -0.25) is 0 Å². The van der Waals surface area contributed by atoms with Crippen molar-refractivity contribution >= 4 is 11.6 Å². The Kier molecular flexibility index (Phi) is 1.21. The first kappa shape index (κ1) is 5.56. The summed E-state index contributed by atoms with van der Waals surface area (Å²) < 4.78 is 13.1.